The third-order valence-corrected chi connectivity index (χ3v) is 1.75. The number of benzene rings is 1. The van der Waals surface area contributed by atoms with E-state index in [1.807, 2.05) is 0 Å². The molecule has 0 amide bonds. The van der Waals surface area contributed by atoms with E-state index in [-0.39, 0.29) is 5.56 Å². The fourth-order valence-corrected chi connectivity index (χ4v) is 0.998. The Hall–Kier alpha value is -1.03. The molecule has 4 heteroatoms. The minimum atomic E-state index is -3.19. The molecule has 0 radical (unpaired) electrons. The van der Waals surface area contributed by atoms with Crippen molar-refractivity contribution in [1.29, 1.82) is 0 Å². The largest absolute Gasteiger partial charge is 0.341 e. The number of ether oxygens (including phenoxy) is 1. The first-order chi connectivity index (χ1) is 6.11. The fourth-order valence-electron chi connectivity index (χ4n) is 0.998. The maximum atomic E-state index is 13.4. The molecule has 0 aliphatic rings. The van der Waals surface area contributed by atoms with Gasteiger partial charge in [0.05, 0.1) is 0 Å². The van der Waals surface area contributed by atoms with Crippen LogP contribution in [-0.2, 0) is 10.6 Å². The molecule has 0 aliphatic carbocycles. The van der Waals surface area contributed by atoms with Gasteiger partial charge in [0, 0.05) is 12.7 Å². The van der Waals surface area contributed by atoms with Gasteiger partial charge in [0.1, 0.15) is 0 Å². The van der Waals surface area contributed by atoms with Crippen molar-refractivity contribution >= 4 is 0 Å². The molecule has 0 bridgehead atoms. The Balaban J connectivity index is 3.03. The zero-order chi connectivity index (χ0) is 9.90. The van der Waals surface area contributed by atoms with Crippen LogP contribution in [-0.4, -0.2) is 13.5 Å². The van der Waals surface area contributed by atoms with Crippen LogP contribution in [0, 0.1) is 0 Å². The third kappa shape index (κ3) is 1.83. The maximum Gasteiger partial charge on any atom is 0.300 e. The van der Waals surface area contributed by atoms with Gasteiger partial charge in [-0.05, 0) is 0 Å². The number of alkyl halides is 3. The zero-order valence-corrected chi connectivity index (χ0v) is 7.01. The van der Waals surface area contributed by atoms with E-state index < -0.39 is 12.3 Å². The van der Waals surface area contributed by atoms with Gasteiger partial charge in [-0.3, -0.25) is 0 Å². The van der Waals surface area contributed by atoms with Crippen LogP contribution in [0.2, 0.25) is 0 Å². The first-order valence-corrected chi connectivity index (χ1v) is 3.69. The smallest absolute Gasteiger partial charge is 0.300 e. The average Bonchev–Trinajstić information content (AvgIpc) is 2.17. The Kier molecular flexibility index (Phi) is 2.93. The van der Waals surface area contributed by atoms with E-state index in [2.05, 4.69) is 4.74 Å². The van der Waals surface area contributed by atoms with E-state index in [4.69, 9.17) is 0 Å². The Morgan fingerprint density at radius 1 is 1.23 bits per heavy atom. The highest BCUT2D eigenvalue weighted by Crippen LogP contribution is 2.33. The molecule has 13 heavy (non-hydrogen) atoms. The second-order valence-electron chi connectivity index (χ2n) is 2.52. The van der Waals surface area contributed by atoms with Gasteiger partial charge in [0.2, 0.25) is 0 Å². The van der Waals surface area contributed by atoms with Gasteiger partial charge >= 0.3 is 6.43 Å². The molecule has 1 aromatic rings. The van der Waals surface area contributed by atoms with Crippen molar-refractivity contribution in [3.05, 3.63) is 35.9 Å². The molecule has 1 nitrogen and oxygen atoms in total. The Bertz CT molecular complexity index is 263. The van der Waals surface area contributed by atoms with Crippen molar-refractivity contribution in [2.45, 2.75) is 12.3 Å². The molecular weight excluding hydrogens is 181 g/mol. The predicted molar refractivity (Wildman–Crippen MR) is 42.2 cm³/mol. The summed E-state index contributed by atoms with van der Waals surface area (Å²) in [5, 5.41) is 0. The van der Waals surface area contributed by atoms with Crippen LogP contribution < -0.4 is 0 Å². The third-order valence-electron chi connectivity index (χ3n) is 1.75. The van der Waals surface area contributed by atoms with Crippen LogP contribution in [0.1, 0.15) is 5.56 Å². The van der Waals surface area contributed by atoms with Crippen LogP contribution in [0.5, 0.6) is 0 Å². The molecule has 0 spiro atoms. The summed E-state index contributed by atoms with van der Waals surface area (Å²) < 4.78 is 42.1. The van der Waals surface area contributed by atoms with E-state index in [9.17, 15) is 13.2 Å². The van der Waals surface area contributed by atoms with Crippen molar-refractivity contribution < 1.29 is 17.9 Å². The Labute approximate surface area is 74.1 Å². The molecule has 0 saturated heterocycles. The highest BCUT2D eigenvalue weighted by atomic mass is 19.3. The molecule has 0 fully saturated rings. The molecule has 0 heterocycles. The molecule has 0 saturated carbocycles. The quantitative estimate of drug-likeness (QED) is 0.712. The Morgan fingerprint density at radius 3 is 2.15 bits per heavy atom. The second kappa shape index (κ2) is 3.79. The van der Waals surface area contributed by atoms with Gasteiger partial charge in [0.25, 0.3) is 5.85 Å². The van der Waals surface area contributed by atoms with Gasteiger partial charge in [-0.2, -0.15) is 0 Å². The lowest BCUT2D eigenvalue weighted by Gasteiger charge is -2.22. The van der Waals surface area contributed by atoms with Gasteiger partial charge < -0.3 is 4.74 Å². The lowest BCUT2D eigenvalue weighted by Crippen LogP contribution is -2.31. The maximum absolute atomic E-state index is 13.4. The SMILES string of the molecule is COC(F)(c1ccccc1)C(F)F. The molecule has 1 unspecified atom stereocenters. The Morgan fingerprint density at radius 2 is 1.77 bits per heavy atom. The second-order valence-corrected chi connectivity index (χ2v) is 2.52. The van der Waals surface area contributed by atoms with Gasteiger partial charge in [0.15, 0.2) is 0 Å². The summed E-state index contributed by atoms with van der Waals surface area (Å²) in [5.41, 5.74) is -0.174. The average molecular weight is 190 g/mol. The van der Waals surface area contributed by atoms with E-state index in [1.54, 1.807) is 6.07 Å². The lowest BCUT2D eigenvalue weighted by molar-refractivity contribution is -0.214. The number of hydrogen-bond acceptors (Lipinski definition) is 1. The van der Waals surface area contributed by atoms with Crippen LogP contribution in [0.15, 0.2) is 30.3 Å². The number of rotatable bonds is 3. The van der Waals surface area contributed by atoms with Crippen LogP contribution in [0.25, 0.3) is 0 Å². The van der Waals surface area contributed by atoms with Gasteiger partial charge in [-0.15, -0.1) is 0 Å². The summed E-state index contributed by atoms with van der Waals surface area (Å²) in [5.74, 6) is -3.00. The summed E-state index contributed by atoms with van der Waals surface area (Å²) in [7, 11) is 0.916. The summed E-state index contributed by atoms with van der Waals surface area (Å²) in [6.07, 6.45) is -3.19. The van der Waals surface area contributed by atoms with Crippen molar-refractivity contribution in [1.82, 2.24) is 0 Å². The molecule has 0 aliphatic heterocycles. The molecular formula is C9H9F3O. The van der Waals surface area contributed by atoms with Crippen LogP contribution in [0.4, 0.5) is 13.2 Å². The molecule has 1 aromatic carbocycles. The highest BCUT2D eigenvalue weighted by molar-refractivity contribution is 5.20. The highest BCUT2D eigenvalue weighted by Gasteiger charge is 2.42. The molecule has 1 rings (SSSR count). The zero-order valence-electron chi connectivity index (χ0n) is 7.01. The van der Waals surface area contributed by atoms with Gasteiger partial charge in [-0.1, -0.05) is 30.3 Å². The standard InChI is InChI=1S/C9H9F3O/c1-13-9(12,8(10)11)7-5-3-2-4-6-7/h2-6,8H,1H3. The molecule has 0 N–H and O–H groups in total. The van der Waals surface area contributed by atoms with Gasteiger partial charge in [-0.25, -0.2) is 13.2 Å². The minimum Gasteiger partial charge on any atom is -0.341 e. The lowest BCUT2D eigenvalue weighted by atomic mass is 10.1. The van der Waals surface area contributed by atoms with Crippen molar-refractivity contribution in [2.24, 2.45) is 0 Å². The number of methoxy groups -OCH3 is 1. The van der Waals surface area contributed by atoms with Crippen molar-refractivity contribution in [3.8, 4) is 0 Å². The topological polar surface area (TPSA) is 9.23 Å². The minimum absolute atomic E-state index is 0.174. The summed E-state index contributed by atoms with van der Waals surface area (Å²) >= 11 is 0. The van der Waals surface area contributed by atoms with E-state index in [0.29, 0.717) is 0 Å². The monoisotopic (exact) mass is 190 g/mol. The van der Waals surface area contributed by atoms with E-state index >= 15 is 0 Å². The summed E-state index contributed by atoms with van der Waals surface area (Å²) in [4.78, 5) is 0. The van der Waals surface area contributed by atoms with Crippen LogP contribution >= 0.6 is 0 Å². The predicted octanol–water partition coefficient (Wildman–Crippen LogP) is 2.72. The van der Waals surface area contributed by atoms with Crippen molar-refractivity contribution in [3.63, 3.8) is 0 Å². The van der Waals surface area contributed by atoms with Crippen molar-refractivity contribution in [2.75, 3.05) is 7.11 Å². The first kappa shape index (κ1) is 10.1. The first-order valence-electron chi connectivity index (χ1n) is 3.69. The molecule has 1 atom stereocenters. The summed E-state index contributed by atoms with van der Waals surface area (Å²) in [6, 6.07) is 7.09. The number of hydrogen-bond donors (Lipinski definition) is 0. The molecule has 72 valence electrons. The van der Waals surface area contributed by atoms with E-state index in [1.165, 1.54) is 24.3 Å². The normalized spacial score (nSPS) is 15.8. The molecule has 0 aromatic heterocycles. The van der Waals surface area contributed by atoms with Crippen LogP contribution in [0.3, 0.4) is 0 Å². The van der Waals surface area contributed by atoms with E-state index in [0.717, 1.165) is 7.11 Å². The summed E-state index contributed by atoms with van der Waals surface area (Å²) in [6.45, 7) is 0. The number of halogens is 3. The fraction of sp³-hybridized carbons (Fsp3) is 0.333.